The molecule has 2 heterocycles. The summed E-state index contributed by atoms with van der Waals surface area (Å²) in [6, 6.07) is 7.27. The van der Waals surface area contributed by atoms with Crippen molar-refractivity contribution in [2.24, 2.45) is 0 Å². The number of carbonyl (C=O) groups is 2. The summed E-state index contributed by atoms with van der Waals surface area (Å²) in [7, 11) is 0. The molecule has 0 aromatic heterocycles. The van der Waals surface area contributed by atoms with Gasteiger partial charge in [-0.3, -0.25) is 9.59 Å². The third kappa shape index (κ3) is 4.74. The lowest BCUT2D eigenvalue weighted by Gasteiger charge is -2.27. The molecule has 2 aliphatic heterocycles. The summed E-state index contributed by atoms with van der Waals surface area (Å²) in [6.07, 6.45) is 7.82. The molecule has 2 saturated heterocycles. The van der Waals surface area contributed by atoms with Crippen LogP contribution in [0.1, 0.15) is 55.3 Å². The van der Waals surface area contributed by atoms with Crippen molar-refractivity contribution in [2.45, 2.75) is 44.9 Å². The number of nitrogens with zero attached hydrogens (tertiary/aromatic N) is 2. The lowest BCUT2D eigenvalue weighted by molar-refractivity contribution is -0.133. The average molecular weight is 344 g/mol. The summed E-state index contributed by atoms with van der Waals surface area (Å²) in [6.45, 7) is 3.25. The molecule has 0 radical (unpaired) electrons. The topological polar surface area (TPSA) is 49.9 Å². The fraction of sp³-hybridized carbons (Fsp3) is 0.600. The molecular weight excluding hydrogens is 316 g/mol. The van der Waals surface area contributed by atoms with E-state index in [1.165, 1.54) is 19.3 Å². The van der Waals surface area contributed by atoms with E-state index in [-0.39, 0.29) is 18.4 Å². The molecule has 2 fully saturated rings. The molecule has 0 bridgehead atoms. The van der Waals surface area contributed by atoms with Gasteiger partial charge >= 0.3 is 0 Å². The number of hydrogen-bond donors (Lipinski definition) is 0. The summed E-state index contributed by atoms with van der Waals surface area (Å²) < 4.78 is 5.77. The Morgan fingerprint density at radius 1 is 0.800 bits per heavy atom. The second-order valence-corrected chi connectivity index (χ2v) is 6.93. The average Bonchev–Trinajstić information content (AvgIpc) is 2.96. The smallest absolute Gasteiger partial charge is 0.260 e. The van der Waals surface area contributed by atoms with Gasteiger partial charge in [0.2, 0.25) is 0 Å². The van der Waals surface area contributed by atoms with E-state index in [1.54, 1.807) is 12.1 Å². The summed E-state index contributed by atoms with van der Waals surface area (Å²) in [4.78, 5) is 29.0. The largest absolute Gasteiger partial charge is 0.483 e. The van der Waals surface area contributed by atoms with Crippen LogP contribution in [0.15, 0.2) is 24.3 Å². The van der Waals surface area contributed by atoms with Gasteiger partial charge in [-0.15, -0.1) is 0 Å². The Hall–Kier alpha value is -2.04. The molecule has 1 aromatic carbocycles. The van der Waals surface area contributed by atoms with Crippen LogP contribution in [-0.4, -0.2) is 54.4 Å². The van der Waals surface area contributed by atoms with Crippen molar-refractivity contribution in [3.05, 3.63) is 29.8 Å². The molecular formula is C20H28N2O3. The molecule has 5 nitrogen and oxygen atoms in total. The highest BCUT2D eigenvalue weighted by Crippen LogP contribution is 2.22. The van der Waals surface area contributed by atoms with Crippen molar-refractivity contribution in [1.29, 1.82) is 0 Å². The Labute approximate surface area is 149 Å². The molecule has 2 amide bonds. The third-order valence-electron chi connectivity index (χ3n) is 5.07. The first-order valence-corrected chi connectivity index (χ1v) is 9.54. The van der Waals surface area contributed by atoms with Crippen LogP contribution in [-0.2, 0) is 4.79 Å². The molecule has 0 unspecified atom stereocenters. The van der Waals surface area contributed by atoms with Gasteiger partial charge in [-0.25, -0.2) is 0 Å². The van der Waals surface area contributed by atoms with Crippen LogP contribution in [0.4, 0.5) is 0 Å². The number of hydrogen-bond acceptors (Lipinski definition) is 3. The van der Waals surface area contributed by atoms with Gasteiger partial charge in [0.1, 0.15) is 5.75 Å². The fourth-order valence-corrected chi connectivity index (χ4v) is 3.59. The number of benzene rings is 1. The number of ether oxygens (including phenoxy) is 1. The molecule has 2 aliphatic rings. The Kier molecular flexibility index (Phi) is 6.31. The second kappa shape index (κ2) is 8.88. The van der Waals surface area contributed by atoms with Crippen molar-refractivity contribution in [3.8, 4) is 5.75 Å². The predicted octanol–water partition coefficient (Wildman–Crippen LogP) is 3.09. The van der Waals surface area contributed by atoms with E-state index in [9.17, 15) is 9.59 Å². The normalized spacial score (nSPS) is 18.6. The highest BCUT2D eigenvalue weighted by molar-refractivity contribution is 5.97. The first kappa shape index (κ1) is 17.8. The van der Waals surface area contributed by atoms with E-state index in [0.29, 0.717) is 11.3 Å². The van der Waals surface area contributed by atoms with E-state index in [1.807, 2.05) is 21.9 Å². The monoisotopic (exact) mass is 344 g/mol. The van der Waals surface area contributed by atoms with Gasteiger partial charge in [0.15, 0.2) is 6.61 Å². The van der Waals surface area contributed by atoms with E-state index in [4.69, 9.17) is 4.74 Å². The zero-order chi connectivity index (χ0) is 17.5. The van der Waals surface area contributed by atoms with E-state index < -0.39 is 0 Å². The maximum absolute atomic E-state index is 12.8. The minimum Gasteiger partial charge on any atom is -0.483 e. The third-order valence-corrected chi connectivity index (χ3v) is 5.07. The Morgan fingerprint density at radius 3 is 2.04 bits per heavy atom. The lowest BCUT2D eigenvalue weighted by Crippen LogP contribution is -2.37. The van der Waals surface area contributed by atoms with Crippen LogP contribution in [0.5, 0.6) is 5.75 Å². The molecule has 0 N–H and O–H groups in total. The molecule has 0 saturated carbocycles. The molecule has 136 valence electrons. The van der Waals surface area contributed by atoms with Gasteiger partial charge in [-0.1, -0.05) is 25.0 Å². The van der Waals surface area contributed by atoms with E-state index in [0.717, 1.165) is 51.9 Å². The van der Waals surface area contributed by atoms with Crippen LogP contribution in [0.2, 0.25) is 0 Å². The van der Waals surface area contributed by atoms with Crippen LogP contribution >= 0.6 is 0 Å². The molecule has 0 spiro atoms. The van der Waals surface area contributed by atoms with Crippen LogP contribution in [0, 0.1) is 0 Å². The van der Waals surface area contributed by atoms with Crippen LogP contribution in [0.25, 0.3) is 0 Å². The van der Waals surface area contributed by atoms with Gasteiger partial charge in [-0.2, -0.15) is 0 Å². The first-order valence-electron chi connectivity index (χ1n) is 9.54. The summed E-state index contributed by atoms with van der Waals surface area (Å²) in [5.74, 6) is 0.542. The van der Waals surface area contributed by atoms with Crippen molar-refractivity contribution in [3.63, 3.8) is 0 Å². The fourth-order valence-electron chi connectivity index (χ4n) is 3.59. The Bertz CT molecular complexity index is 588. The molecule has 25 heavy (non-hydrogen) atoms. The SMILES string of the molecule is O=C(COc1ccccc1C(=O)N1CCCCC1)N1CCCCCC1. The van der Waals surface area contributed by atoms with Gasteiger partial charge in [0.25, 0.3) is 11.8 Å². The van der Waals surface area contributed by atoms with Crippen LogP contribution in [0.3, 0.4) is 0 Å². The predicted molar refractivity (Wildman–Crippen MR) is 96.7 cm³/mol. The molecule has 0 aliphatic carbocycles. The first-order chi connectivity index (χ1) is 12.3. The van der Waals surface area contributed by atoms with Crippen molar-refractivity contribution >= 4 is 11.8 Å². The molecule has 3 rings (SSSR count). The lowest BCUT2D eigenvalue weighted by atomic mass is 10.1. The van der Waals surface area contributed by atoms with Crippen molar-refractivity contribution in [2.75, 3.05) is 32.8 Å². The minimum absolute atomic E-state index is 0.00426. The van der Waals surface area contributed by atoms with Gasteiger partial charge < -0.3 is 14.5 Å². The summed E-state index contributed by atoms with van der Waals surface area (Å²) in [5.41, 5.74) is 0.563. The zero-order valence-electron chi connectivity index (χ0n) is 14.9. The number of amides is 2. The number of likely N-dealkylation sites (tertiary alicyclic amines) is 2. The number of carbonyl (C=O) groups excluding carboxylic acids is 2. The second-order valence-electron chi connectivity index (χ2n) is 6.93. The maximum Gasteiger partial charge on any atom is 0.260 e. The number of rotatable bonds is 4. The van der Waals surface area contributed by atoms with Crippen LogP contribution < -0.4 is 4.74 Å². The van der Waals surface area contributed by atoms with E-state index >= 15 is 0 Å². The van der Waals surface area contributed by atoms with Gasteiger partial charge in [0.05, 0.1) is 5.56 Å². The minimum atomic E-state index is 0.00426. The number of para-hydroxylation sites is 1. The summed E-state index contributed by atoms with van der Waals surface area (Å²) in [5, 5.41) is 0. The zero-order valence-corrected chi connectivity index (χ0v) is 14.9. The highest BCUT2D eigenvalue weighted by Gasteiger charge is 2.22. The van der Waals surface area contributed by atoms with Crippen molar-refractivity contribution in [1.82, 2.24) is 9.80 Å². The molecule has 5 heteroatoms. The Balaban J connectivity index is 1.62. The molecule has 1 aromatic rings. The van der Waals surface area contributed by atoms with Gasteiger partial charge in [-0.05, 0) is 44.2 Å². The quantitative estimate of drug-likeness (QED) is 0.843. The number of piperidine rings is 1. The summed E-state index contributed by atoms with van der Waals surface area (Å²) >= 11 is 0. The Morgan fingerprint density at radius 2 is 1.36 bits per heavy atom. The van der Waals surface area contributed by atoms with Crippen molar-refractivity contribution < 1.29 is 14.3 Å². The molecule has 0 atom stereocenters. The maximum atomic E-state index is 12.8. The highest BCUT2D eigenvalue weighted by atomic mass is 16.5. The van der Waals surface area contributed by atoms with Gasteiger partial charge in [0, 0.05) is 26.2 Å². The van der Waals surface area contributed by atoms with E-state index in [2.05, 4.69) is 0 Å². The standard InChI is InChI=1S/C20H28N2O3/c23-19(21-12-6-1-2-7-13-21)16-25-18-11-5-4-10-17(18)20(24)22-14-8-3-9-15-22/h4-5,10-11H,1-3,6-9,12-16H2.